The quantitative estimate of drug-likeness (QED) is 0.846. The molecule has 0 radical (unpaired) electrons. The third kappa shape index (κ3) is 2.97. The van der Waals surface area contributed by atoms with Gasteiger partial charge in [0.15, 0.2) is 0 Å². The van der Waals surface area contributed by atoms with Crippen molar-refractivity contribution in [1.82, 2.24) is 10.2 Å². The molecule has 126 valence electrons. The predicted molar refractivity (Wildman–Crippen MR) is 92.1 cm³/mol. The number of carbonyl (C=O) groups excluding carboxylic acids is 1. The molecule has 0 unspecified atom stereocenters. The third-order valence-corrected chi connectivity index (χ3v) is 5.62. The van der Waals surface area contributed by atoms with Gasteiger partial charge in [0.25, 0.3) is 0 Å². The Morgan fingerprint density at radius 3 is 3.00 bits per heavy atom. The number of hydrogen-bond acceptors (Lipinski definition) is 3. The molecule has 1 amide bonds. The largest absolute Gasteiger partial charge is 0.412 e. The molecular formula is C19H28N2O2. The Kier molecular flexibility index (Phi) is 4.62. The zero-order valence-corrected chi connectivity index (χ0v) is 14.5. The second-order valence-corrected chi connectivity index (χ2v) is 7.00. The first-order chi connectivity index (χ1) is 11.1. The summed E-state index contributed by atoms with van der Waals surface area (Å²) in [6.07, 6.45) is 3.99. The fraction of sp³-hybridized carbons (Fsp3) is 0.632. The highest BCUT2D eigenvalue weighted by Crippen LogP contribution is 2.48. The van der Waals surface area contributed by atoms with Crippen LogP contribution in [0.1, 0.15) is 51.2 Å². The Morgan fingerprint density at radius 2 is 2.26 bits per heavy atom. The Bertz CT molecular complexity index is 587. The van der Waals surface area contributed by atoms with Gasteiger partial charge < -0.3 is 10.1 Å². The number of likely N-dealkylation sites (tertiary alicyclic amines) is 1. The summed E-state index contributed by atoms with van der Waals surface area (Å²) < 4.78 is 5.47. The normalized spacial score (nSPS) is 26.0. The van der Waals surface area contributed by atoms with Gasteiger partial charge in [-0.25, -0.2) is 4.79 Å². The van der Waals surface area contributed by atoms with Crippen LogP contribution in [0, 0.1) is 0 Å². The van der Waals surface area contributed by atoms with Crippen LogP contribution < -0.4 is 10.1 Å². The Hall–Kier alpha value is -1.55. The van der Waals surface area contributed by atoms with Crippen molar-refractivity contribution in [2.24, 2.45) is 0 Å². The van der Waals surface area contributed by atoms with E-state index in [9.17, 15) is 4.79 Å². The number of ether oxygens (including phenoxy) is 1. The van der Waals surface area contributed by atoms with Crippen molar-refractivity contribution < 1.29 is 9.53 Å². The molecule has 1 aliphatic heterocycles. The molecule has 1 aliphatic carbocycles. The van der Waals surface area contributed by atoms with E-state index in [-0.39, 0.29) is 11.5 Å². The molecule has 4 nitrogen and oxygen atoms in total. The molecule has 0 spiro atoms. The number of carbonyl (C=O) groups is 1. The molecule has 2 aliphatic rings. The van der Waals surface area contributed by atoms with Gasteiger partial charge in [-0.05, 0) is 55.6 Å². The average molecular weight is 316 g/mol. The van der Waals surface area contributed by atoms with Gasteiger partial charge >= 0.3 is 6.09 Å². The summed E-state index contributed by atoms with van der Waals surface area (Å²) in [6.45, 7) is 9.66. The van der Waals surface area contributed by atoms with Crippen LogP contribution in [-0.4, -0.2) is 36.7 Å². The zero-order chi connectivity index (χ0) is 16.4. The van der Waals surface area contributed by atoms with Crippen LogP contribution in [0.2, 0.25) is 0 Å². The summed E-state index contributed by atoms with van der Waals surface area (Å²) >= 11 is 0. The number of nitrogens with one attached hydrogen (secondary N) is 1. The lowest BCUT2D eigenvalue weighted by Gasteiger charge is -2.29. The van der Waals surface area contributed by atoms with Crippen LogP contribution in [0.15, 0.2) is 18.2 Å². The molecule has 1 aromatic carbocycles. The average Bonchev–Trinajstić information content (AvgIpc) is 3.00. The monoisotopic (exact) mass is 316 g/mol. The van der Waals surface area contributed by atoms with Gasteiger partial charge in [0.2, 0.25) is 0 Å². The van der Waals surface area contributed by atoms with Crippen molar-refractivity contribution >= 4 is 6.09 Å². The molecule has 0 bridgehead atoms. The molecule has 3 rings (SSSR count). The van der Waals surface area contributed by atoms with Crippen LogP contribution in [0.4, 0.5) is 4.79 Å². The van der Waals surface area contributed by atoms with Gasteiger partial charge in [0, 0.05) is 18.0 Å². The maximum absolute atomic E-state index is 11.9. The number of hydrogen-bond donors (Lipinski definition) is 1. The van der Waals surface area contributed by atoms with Gasteiger partial charge in [0.05, 0.1) is 0 Å². The maximum atomic E-state index is 11.9. The Morgan fingerprint density at radius 1 is 1.43 bits per heavy atom. The minimum atomic E-state index is -0.347. The Balaban J connectivity index is 1.73. The van der Waals surface area contributed by atoms with E-state index in [1.165, 1.54) is 24.1 Å². The van der Waals surface area contributed by atoms with Crippen molar-refractivity contribution in [3.05, 3.63) is 29.3 Å². The van der Waals surface area contributed by atoms with Crippen LogP contribution >= 0.6 is 0 Å². The minimum Gasteiger partial charge on any atom is -0.410 e. The maximum Gasteiger partial charge on any atom is 0.412 e. The lowest BCUT2D eigenvalue weighted by molar-refractivity contribution is 0.200. The van der Waals surface area contributed by atoms with E-state index in [2.05, 4.69) is 43.1 Å². The highest BCUT2D eigenvalue weighted by molar-refractivity contribution is 5.70. The van der Waals surface area contributed by atoms with E-state index in [1.54, 1.807) is 0 Å². The molecule has 1 heterocycles. The van der Waals surface area contributed by atoms with Gasteiger partial charge in [-0.2, -0.15) is 0 Å². The van der Waals surface area contributed by atoms with Crippen LogP contribution in [0.25, 0.3) is 0 Å². The minimum absolute atomic E-state index is 0.198. The van der Waals surface area contributed by atoms with E-state index in [1.807, 2.05) is 6.07 Å². The first-order valence-electron chi connectivity index (χ1n) is 8.91. The van der Waals surface area contributed by atoms with Crippen molar-refractivity contribution in [3.63, 3.8) is 0 Å². The van der Waals surface area contributed by atoms with Crippen molar-refractivity contribution in [1.29, 1.82) is 0 Å². The summed E-state index contributed by atoms with van der Waals surface area (Å²) in [4.78, 5) is 14.4. The van der Waals surface area contributed by atoms with Crippen molar-refractivity contribution in [2.45, 2.75) is 57.9 Å². The summed E-state index contributed by atoms with van der Waals surface area (Å²) in [5.74, 6) is 0.662. The summed E-state index contributed by atoms with van der Waals surface area (Å²) in [5, 5.41) is 2.80. The van der Waals surface area contributed by atoms with E-state index in [0.29, 0.717) is 18.3 Å². The number of nitrogens with zero attached hydrogens (tertiary/aromatic N) is 1. The number of rotatable bonds is 5. The molecule has 1 aromatic rings. The molecule has 1 fully saturated rings. The molecular weight excluding hydrogens is 288 g/mol. The predicted octanol–water partition coefficient (Wildman–Crippen LogP) is 3.48. The first kappa shape index (κ1) is 16.3. The second-order valence-electron chi connectivity index (χ2n) is 7.00. The number of unbranched alkanes of at least 4 members (excludes halogenated alkanes) is 1. The molecule has 2 atom stereocenters. The van der Waals surface area contributed by atoms with Crippen LogP contribution in [-0.2, 0) is 11.8 Å². The molecule has 0 aromatic heterocycles. The standard InChI is InChI=1S/C19H28N2O2/c1-4-6-10-20-18(22)23-15-8-7-14-12-17-19(3,16(14)13-15)9-11-21(17)5-2/h7-8,13,17H,4-6,9-12H2,1-3H3,(H,20,22)/t17-,19+/m0/s1. The summed E-state index contributed by atoms with van der Waals surface area (Å²) in [6, 6.07) is 6.75. The van der Waals surface area contributed by atoms with Crippen LogP contribution in [0.3, 0.4) is 0 Å². The second kappa shape index (κ2) is 6.52. The van der Waals surface area contributed by atoms with Gasteiger partial charge in [0.1, 0.15) is 5.75 Å². The van der Waals surface area contributed by atoms with Gasteiger partial charge in [-0.15, -0.1) is 0 Å². The molecule has 1 N–H and O–H groups in total. The van der Waals surface area contributed by atoms with Crippen molar-refractivity contribution in [3.8, 4) is 5.75 Å². The molecule has 0 saturated carbocycles. The van der Waals surface area contributed by atoms with Crippen LogP contribution in [0.5, 0.6) is 5.75 Å². The lowest BCUT2D eigenvalue weighted by atomic mass is 9.80. The number of amides is 1. The summed E-state index contributed by atoms with van der Waals surface area (Å²) in [7, 11) is 0. The fourth-order valence-corrected chi connectivity index (χ4v) is 4.20. The smallest absolute Gasteiger partial charge is 0.410 e. The van der Waals surface area contributed by atoms with Gasteiger partial charge in [-0.3, -0.25) is 4.90 Å². The number of fused-ring (bicyclic) bond motifs is 3. The lowest BCUT2D eigenvalue weighted by Crippen LogP contribution is -2.37. The zero-order valence-electron chi connectivity index (χ0n) is 14.5. The highest BCUT2D eigenvalue weighted by Gasteiger charge is 2.49. The highest BCUT2D eigenvalue weighted by atomic mass is 16.6. The van der Waals surface area contributed by atoms with Gasteiger partial charge in [-0.1, -0.05) is 33.3 Å². The fourth-order valence-electron chi connectivity index (χ4n) is 4.20. The van der Waals surface area contributed by atoms with E-state index >= 15 is 0 Å². The molecule has 1 saturated heterocycles. The molecule has 4 heteroatoms. The molecule has 23 heavy (non-hydrogen) atoms. The SMILES string of the molecule is CCCCNC(=O)Oc1ccc2c(c1)[C@@]1(C)CCN(CC)[C@H]1C2. The van der Waals surface area contributed by atoms with Crippen molar-refractivity contribution in [2.75, 3.05) is 19.6 Å². The Labute approximate surface area is 139 Å². The topological polar surface area (TPSA) is 41.6 Å². The summed E-state index contributed by atoms with van der Waals surface area (Å²) in [5.41, 5.74) is 2.98. The number of likely N-dealkylation sites (N-methyl/N-ethyl adjacent to an activating group) is 1. The third-order valence-electron chi connectivity index (χ3n) is 5.62. The van der Waals surface area contributed by atoms with E-state index < -0.39 is 0 Å². The number of benzene rings is 1. The van der Waals surface area contributed by atoms with E-state index in [0.717, 1.165) is 25.8 Å². The van der Waals surface area contributed by atoms with E-state index in [4.69, 9.17) is 4.74 Å². The first-order valence-corrected chi connectivity index (χ1v) is 8.91.